The van der Waals surface area contributed by atoms with Crippen LogP contribution in [0.5, 0.6) is 0 Å². The van der Waals surface area contributed by atoms with Gasteiger partial charge >= 0.3 is 140 Å². The topological polar surface area (TPSA) is 139 Å². The summed E-state index contributed by atoms with van der Waals surface area (Å²) in [6.07, 6.45) is 7.52. The summed E-state index contributed by atoms with van der Waals surface area (Å²) >= 11 is 0. The minimum Gasteiger partial charge on any atom is -0.337 e. The van der Waals surface area contributed by atoms with Gasteiger partial charge in [0, 0.05) is 0 Å². The first kappa shape index (κ1) is 31.5. The summed E-state index contributed by atoms with van der Waals surface area (Å²) in [5.41, 5.74) is 8.31. The maximum atomic E-state index is 7.10. The van der Waals surface area contributed by atoms with Crippen LogP contribution in [0.2, 0.25) is 0 Å². The largest absolute Gasteiger partial charge is 0.337 e. The summed E-state index contributed by atoms with van der Waals surface area (Å²) < 4.78 is 2.71. The fraction of sp³-hybridized carbons (Fsp3) is 0.895. The van der Waals surface area contributed by atoms with Crippen LogP contribution >= 0.6 is 7.87 Å². The van der Waals surface area contributed by atoms with E-state index in [-0.39, 0.29) is 0 Å². The number of nitrogens with two attached hydrogens (primary N) is 2. The molecule has 0 heterocycles. The molecule has 28 heavy (non-hydrogen) atoms. The van der Waals surface area contributed by atoms with Crippen LogP contribution in [0.3, 0.4) is 0 Å². The predicted octanol–water partition coefficient (Wildman–Crippen LogP) is 3.14. The first-order chi connectivity index (χ1) is 13.1. The Morgan fingerprint density at radius 3 is 1.18 bits per heavy atom. The van der Waals surface area contributed by atoms with Gasteiger partial charge in [0.25, 0.3) is 0 Å². The van der Waals surface area contributed by atoms with Crippen LogP contribution in [0.15, 0.2) is 0 Å². The molecule has 0 radical (unpaired) electrons. The molecule has 0 spiro atoms. The van der Waals surface area contributed by atoms with Crippen molar-refractivity contribution in [2.24, 2.45) is 11.5 Å². The van der Waals surface area contributed by atoms with Crippen molar-refractivity contribution in [2.45, 2.75) is 99.2 Å². The molecule has 9 heteroatoms. The SMILES string of the molecule is CCCCN(CCCC)[PH](NC(C)C)(NC(C)C)NC(C)C.N#CN.N#CN. The number of hydrogen-bond donors (Lipinski definition) is 5. The summed E-state index contributed by atoms with van der Waals surface area (Å²) in [5.74, 6) is 0. The van der Waals surface area contributed by atoms with Crippen molar-refractivity contribution in [3.05, 3.63) is 0 Å². The first-order valence-corrected chi connectivity index (χ1v) is 12.3. The smallest absolute Gasteiger partial charge is 0.173 e. The molecule has 0 aromatic carbocycles. The van der Waals surface area contributed by atoms with E-state index in [1.807, 2.05) is 0 Å². The van der Waals surface area contributed by atoms with E-state index in [2.05, 4.69) is 86.8 Å². The van der Waals surface area contributed by atoms with E-state index in [4.69, 9.17) is 10.5 Å². The monoisotopic (exact) mass is 418 g/mol. The molecule has 0 aromatic rings. The molecule has 0 aliphatic heterocycles. The van der Waals surface area contributed by atoms with E-state index in [9.17, 15) is 0 Å². The molecule has 7 N–H and O–H groups in total. The summed E-state index contributed by atoms with van der Waals surface area (Å²) in [4.78, 5) is 0. The fourth-order valence-corrected chi connectivity index (χ4v) is 7.09. The molecule has 0 aromatic heterocycles. The molecule has 0 unspecified atom stereocenters. The second-order valence-electron chi connectivity index (χ2n) is 7.56. The second-order valence-corrected chi connectivity index (χ2v) is 10.5. The zero-order valence-corrected chi connectivity index (χ0v) is 20.5. The van der Waals surface area contributed by atoms with E-state index >= 15 is 0 Å². The fourth-order valence-electron chi connectivity index (χ4n) is 2.80. The Balaban J connectivity index is -0.000000915. The third-order valence-electron chi connectivity index (χ3n) is 3.53. The van der Waals surface area contributed by atoms with Crippen LogP contribution in [-0.4, -0.2) is 35.9 Å². The minimum absolute atomic E-state index is 0.468. The van der Waals surface area contributed by atoms with Gasteiger partial charge in [-0.05, 0) is 0 Å². The van der Waals surface area contributed by atoms with Gasteiger partial charge in [-0.3, -0.25) is 0 Å². The van der Waals surface area contributed by atoms with E-state index in [0.29, 0.717) is 18.1 Å². The molecule has 0 saturated heterocycles. The van der Waals surface area contributed by atoms with Gasteiger partial charge in [-0.25, -0.2) is 0 Å². The third-order valence-corrected chi connectivity index (χ3v) is 7.91. The van der Waals surface area contributed by atoms with Crippen molar-refractivity contribution < 1.29 is 0 Å². The molecule has 0 bridgehead atoms. The van der Waals surface area contributed by atoms with E-state index < -0.39 is 7.87 Å². The standard InChI is InChI=1S/C17H43N4P.2CH2N2/c1-9-11-13-21(14-12-10-2)22(18-15(3)4,19-16(5)6)20-17(7)8;2*2-1-3/h15-20,22H,9-14H2,1-8H3;2*2H2. The van der Waals surface area contributed by atoms with Crippen molar-refractivity contribution in [3.8, 4) is 12.4 Å². The Labute approximate surface area is 175 Å². The van der Waals surface area contributed by atoms with E-state index in [1.54, 1.807) is 0 Å². The molecule has 0 atom stereocenters. The summed E-state index contributed by atoms with van der Waals surface area (Å²) in [7, 11) is -2.11. The number of unbranched alkanes of at least 4 members (excludes halogenated alkanes) is 2. The molecule has 0 amide bonds. The molecule has 168 valence electrons. The van der Waals surface area contributed by atoms with Gasteiger partial charge in [-0.15, -0.1) is 0 Å². The van der Waals surface area contributed by atoms with Gasteiger partial charge < -0.3 is 11.5 Å². The van der Waals surface area contributed by atoms with Crippen LogP contribution in [0.4, 0.5) is 0 Å². The quantitative estimate of drug-likeness (QED) is 0.175. The molecule has 0 aliphatic rings. The van der Waals surface area contributed by atoms with Crippen LogP contribution < -0.4 is 26.7 Å². The Morgan fingerprint density at radius 1 is 0.750 bits per heavy atom. The van der Waals surface area contributed by atoms with Gasteiger partial charge in [0.05, 0.1) is 0 Å². The van der Waals surface area contributed by atoms with E-state index in [1.165, 1.54) is 51.2 Å². The molecular weight excluding hydrogens is 371 g/mol. The normalized spacial score (nSPS) is 11.4. The number of nitrogens with zero attached hydrogens (tertiary/aromatic N) is 3. The Kier molecular flexibility index (Phi) is 23.2. The molecule has 0 saturated carbocycles. The first-order valence-electron chi connectivity index (χ1n) is 10.4. The van der Waals surface area contributed by atoms with Crippen LogP contribution in [0, 0.1) is 22.9 Å². The molecule has 8 nitrogen and oxygen atoms in total. The van der Waals surface area contributed by atoms with Crippen molar-refractivity contribution in [1.82, 2.24) is 19.9 Å². The van der Waals surface area contributed by atoms with Gasteiger partial charge in [0.15, 0.2) is 12.4 Å². The number of nitriles is 2. The minimum atomic E-state index is -2.11. The number of hydrogen-bond acceptors (Lipinski definition) is 8. The van der Waals surface area contributed by atoms with Gasteiger partial charge in [-0.2, -0.15) is 10.5 Å². The summed E-state index contributed by atoms with van der Waals surface area (Å²) in [6.45, 7) is 20.4. The van der Waals surface area contributed by atoms with Gasteiger partial charge in [0.1, 0.15) is 0 Å². The van der Waals surface area contributed by atoms with Crippen LogP contribution in [0.1, 0.15) is 81.1 Å². The Bertz CT molecular complexity index is 369. The van der Waals surface area contributed by atoms with Gasteiger partial charge in [0.2, 0.25) is 0 Å². The zero-order valence-electron chi connectivity index (χ0n) is 19.5. The third kappa shape index (κ3) is 18.2. The average molecular weight is 419 g/mol. The Morgan fingerprint density at radius 2 is 1.00 bits per heavy atom. The Hall–Kier alpha value is -1.15. The van der Waals surface area contributed by atoms with Crippen molar-refractivity contribution in [3.63, 3.8) is 0 Å². The second kappa shape index (κ2) is 20.6. The molecular formula is C19H47N8P. The zero-order chi connectivity index (χ0) is 22.6. The maximum Gasteiger partial charge on any atom is 0.173 e. The van der Waals surface area contributed by atoms with Crippen molar-refractivity contribution in [1.29, 1.82) is 10.5 Å². The average Bonchev–Trinajstić information content (AvgIpc) is 2.54. The molecule has 0 fully saturated rings. The van der Waals surface area contributed by atoms with Gasteiger partial charge in [-0.1, -0.05) is 0 Å². The van der Waals surface area contributed by atoms with E-state index in [0.717, 1.165) is 0 Å². The molecule has 0 rings (SSSR count). The number of nitrogens with one attached hydrogen (secondary N) is 3. The van der Waals surface area contributed by atoms with Crippen LogP contribution in [-0.2, 0) is 0 Å². The predicted molar refractivity (Wildman–Crippen MR) is 124 cm³/mol. The summed E-state index contributed by atoms with van der Waals surface area (Å²) in [6, 6.07) is 1.40. The van der Waals surface area contributed by atoms with Crippen molar-refractivity contribution >= 4 is 7.87 Å². The maximum absolute atomic E-state index is 7.10. The summed E-state index contributed by atoms with van der Waals surface area (Å²) in [5, 5.41) is 25.9. The number of rotatable bonds is 13. The van der Waals surface area contributed by atoms with Crippen LogP contribution in [0.25, 0.3) is 0 Å². The molecule has 0 aliphatic carbocycles. The van der Waals surface area contributed by atoms with Crippen molar-refractivity contribution in [2.75, 3.05) is 13.1 Å².